The smallest absolute Gasteiger partial charge is 0.362 e. The van der Waals surface area contributed by atoms with Gasteiger partial charge in [0.2, 0.25) is 0 Å². The van der Waals surface area contributed by atoms with Gasteiger partial charge in [0.05, 0.1) is 11.7 Å². The summed E-state index contributed by atoms with van der Waals surface area (Å²) in [5.74, 6) is -3.22. The normalized spacial score (nSPS) is 17.9. The Morgan fingerprint density at radius 2 is 1.85 bits per heavy atom. The Hall–Kier alpha value is -2.18. The molecule has 0 fully saturated rings. The summed E-state index contributed by atoms with van der Waals surface area (Å²) in [4.78, 5) is 12.7. The van der Waals surface area contributed by atoms with Gasteiger partial charge in [0.25, 0.3) is 5.91 Å². The van der Waals surface area contributed by atoms with Gasteiger partial charge >= 0.3 is 6.18 Å². The topological polar surface area (TPSA) is 59.0 Å². The van der Waals surface area contributed by atoms with E-state index in [-0.39, 0.29) is 15.3 Å². The van der Waals surface area contributed by atoms with Crippen LogP contribution in [0.2, 0.25) is 5.02 Å². The first-order chi connectivity index (χ1) is 15.5. The van der Waals surface area contributed by atoms with Crippen LogP contribution in [0, 0.1) is 11.6 Å². The fraction of sp³-hybridized carbons (Fsp3) is 0.200. The van der Waals surface area contributed by atoms with Gasteiger partial charge in [-0.25, -0.2) is 13.5 Å². The summed E-state index contributed by atoms with van der Waals surface area (Å²) in [5, 5.41) is 8.51. The number of rotatable bonds is 3. The van der Waals surface area contributed by atoms with Gasteiger partial charge in [0.1, 0.15) is 16.7 Å². The lowest BCUT2D eigenvalue weighted by Gasteiger charge is -2.33. The summed E-state index contributed by atoms with van der Waals surface area (Å²) >= 11 is 12.5. The highest BCUT2D eigenvalue weighted by Crippen LogP contribution is 2.46. The predicted octanol–water partition coefficient (Wildman–Crippen LogP) is 7.25. The van der Waals surface area contributed by atoms with E-state index in [1.807, 2.05) is 0 Å². The largest absolute Gasteiger partial charge is 0.410 e. The number of benzene rings is 2. The lowest BCUT2D eigenvalue weighted by molar-refractivity contribution is -0.173. The summed E-state index contributed by atoms with van der Waals surface area (Å²) in [6.07, 6.45) is -5.07. The van der Waals surface area contributed by atoms with Gasteiger partial charge in [-0.1, -0.05) is 39.7 Å². The number of carbonyl (C=O) groups is 1. The molecule has 0 saturated carbocycles. The van der Waals surface area contributed by atoms with Crippen molar-refractivity contribution in [2.75, 3.05) is 10.6 Å². The molecule has 33 heavy (non-hydrogen) atoms. The third kappa shape index (κ3) is 4.73. The molecule has 174 valence electrons. The Labute approximate surface area is 205 Å². The molecule has 0 saturated heterocycles. The second-order valence-electron chi connectivity index (χ2n) is 7.20. The van der Waals surface area contributed by atoms with Crippen molar-refractivity contribution in [2.45, 2.75) is 24.7 Å². The SMILES string of the molecule is O=C(Nc1c(F)cc(F)cc1Br)c1nn2c(c1Cl)N[C@@H](c1ccc(Br)cc1)C[C@@H]2C(F)(F)F. The Morgan fingerprint density at radius 3 is 2.45 bits per heavy atom. The second kappa shape index (κ2) is 8.88. The van der Waals surface area contributed by atoms with Crippen LogP contribution in [0.15, 0.2) is 45.3 Å². The molecule has 5 nitrogen and oxygen atoms in total. The Morgan fingerprint density at radius 1 is 1.18 bits per heavy atom. The number of anilines is 2. The number of fused-ring (bicyclic) bond motifs is 1. The molecule has 1 aliphatic rings. The molecule has 0 spiro atoms. The predicted molar refractivity (Wildman–Crippen MR) is 119 cm³/mol. The van der Waals surface area contributed by atoms with E-state index in [2.05, 4.69) is 47.6 Å². The molecule has 13 heteroatoms. The number of nitrogens with zero attached hydrogens (tertiary/aromatic N) is 2. The Kier molecular flexibility index (Phi) is 6.45. The van der Waals surface area contributed by atoms with Crippen LogP contribution in [0.4, 0.5) is 33.5 Å². The minimum atomic E-state index is -4.68. The molecule has 3 aromatic rings. The maximum absolute atomic E-state index is 14.1. The van der Waals surface area contributed by atoms with Gasteiger partial charge in [-0.05, 0) is 39.7 Å². The number of nitrogens with one attached hydrogen (secondary N) is 2. The van der Waals surface area contributed by atoms with Crippen LogP contribution in [-0.4, -0.2) is 21.9 Å². The van der Waals surface area contributed by atoms with Crippen LogP contribution in [-0.2, 0) is 0 Å². The lowest BCUT2D eigenvalue weighted by atomic mass is 9.97. The first-order valence-electron chi connectivity index (χ1n) is 9.28. The van der Waals surface area contributed by atoms with Crippen molar-refractivity contribution in [3.05, 3.63) is 73.3 Å². The van der Waals surface area contributed by atoms with E-state index in [1.54, 1.807) is 24.3 Å². The van der Waals surface area contributed by atoms with E-state index in [1.165, 1.54) is 0 Å². The zero-order chi connectivity index (χ0) is 24.1. The first-order valence-corrected chi connectivity index (χ1v) is 11.2. The molecule has 0 aliphatic carbocycles. The molecule has 2 aromatic carbocycles. The molecule has 2 heterocycles. The Balaban J connectivity index is 1.72. The fourth-order valence-electron chi connectivity index (χ4n) is 3.48. The van der Waals surface area contributed by atoms with E-state index in [0.29, 0.717) is 16.3 Å². The van der Waals surface area contributed by atoms with Crippen LogP contribution >= 0.6 is 43.5 Å². The van der Waals surface area contributed by atoms with Crippen molar-refractivity contribution < 1.29 is 26.7 Å². The van der Waals surface area contributed by atoms with Crippen LogP contribution < -0.4 is 10.6 Å². The molecular formula is C20H12Br2ClF5N4O. The summed E-state index contributed by atoms with van der Waals surface area (Å²) in [7, 11) is 0. The molecule has 0 unspecified atom stereocenters. The zero-order valence-corrected chi connectivity index (χ0v) is 20.1. The quantitative estimate of drug-likeness (QED) is 0.306. The molecule has 1 aromatic heterocycles. The van der Waals surface area contributed by atoms with Crippen LogP contribution in [0.25, 0.3) is 0 Å². The average Bonchev–Trinajstić information content (AvgIpc) is 3.06. The minimum absolute atomic E-state index is 0.102. The highest BCUT2D eigenvalue weighted by Gasteiger charge is 2.48. The van der Waals surface area contributed by atoms with Gasteiger partial charge in [0, 0.05) is 21.4 Å². The summed E-state index contributed by atoms with van der Waals surface area (Å²) < 4.78 is 70.3. The van der Waals surface area contributed by atoms with Crippen LogP contribution in [0.1, 0.15) is 34.6 Å². The van der Waals surface area contributed by atoms with Gasteiger partial charge in [-0.15, -0.1) is 0 Å². The molecule has 0 radical (unpaired) electrons. The Bertz CT molecular complexity index is 1210. The summed E-state index contributed by atoms with van der Waals surface area (Å²) in [6.45, 7) is 0. The summed E-state index contributed by atoms with van der Waals surface area (Å²) in [5.41, 5.74) is -0.365. The number of halogens is 8. The van der Waals surface area contributed by atoms with E-state index < -0.39 is 53.6 Å². The number of hydrogen-bond donors (Lipinski definition) is 2. The van der Waals surface area contributed by atoms with E-state index in [0.717, 1.165) is 10.5 Å². The summed E-state index contributed by atoms with van der Waals surface area (Å²) in [6, 6.07) is 5.37. The number of hydrogen-bond acceptors (Lipinski definition) is 3. The van der Waals surface area contributed by atoms with Gasteiger partial charge in [-0.3, -0.25) is 4.79 Å². The molecule has 4 rings (SSSR count). The lowest BCUT2D eigenvalue weighted by Crippen LogP contribution is -2.35. The maximum atomic E-state index is 14.1. The highest BCUT2D eigenvalue weighted by atomic mass is 79.9. The number of carbonyl (C=O) groups excluding carboxylic acids is 1. The monoisotopic (exact) mass is 612 g/mol. The average molecular weight is 615 g/mol. The van der Waals surface area contributed by atoms with Crippen molar-refractivity contribution in [1.82, 2.24) is 9.78 Å². The van der Waals surface area contributed by atoms with Crippen molar-refractivity contribution >= 4 is 60.9 Å². The van der Waals surface area contributed by atoms with Crippen molar-refractivity contribution in [1.29, 1.82) is 0 Å². The maximum Gasteiger partial charge on any atom is 0.410 e. The van der Waals surface area contributed by atoms with E-state index >= 15 is 0 Å². The van der Waals surface area contributed by atoms with Crippen molar-refractivity contribution in [3.8, 4) is 0 Å². The molecule has 2 atom stereocenters. The highest BCUT2D eigenvalue weighted by molar-refractivity contribution is 9.10. The molecule has 2 N–H and O–H groups in total. The number of aromatic nitrogens is 2. The van der Waals surface area contributed by atoms with E-state index in [4.69, 9.17) is 11.6 Å². The third-order valence-electron chi connectivity index (χ3n) is 5.03. The van der Waals surface area contributed by atoms with Gasteiger partial charge < -0.3 is 10.6 Å². The molecular weight excluding hydrogens is 602 g/mol. The van der Waals surface area contributed by atoms with Crippen molar-refractivity contribution in [3.63, 3.8) is 0 Å². The zero-order valence-electron chi connectivity index (χ0n) is 16.2. The van der Waals surface area contributed by atoms with Gasteiger partial charge in [-0.2, -0.15) is 18.3 Å². The first kappa shape index (κ1) is 24.0. The van der Waals surface area contributed by atoms with E-state index in [9.17, 15) is 26.7 Å². The minimum Gasteiger partial charge on any atom is -0.362 e. The van der Waals surface area contributed by atoms with Crippen LogP contribution in [0.3, 0.4) is 0 Å². The number of alkyl halides is 3. The third-order valence-corrected chi connectivity index (χ3v) is 6.54. The standard InChI is InChI=1S/C20H12Br2ClF5N4O/c21-9-3-1-8(2-4-9)13-7-14(20(26,27)28)32-18(29-13)15(23)17(31-32)19(33)30-16-11(22)5-10(24)6-12(16)25/h1-6,13-14,29H,7H2,(H,30,33)/t13-,14-/m1/s1. The molecule has 1 aliphatic heterocycles. The molecule has 0 bridgehead atoms. The van der Waals surface area contributed by atoms with Crippen LogP contribution in [0.5, 0.6) is 0 Å². The van der Waals surface area contributed by atoms with Gasteiger partial charge in [0.15, 0.2) is 17.6 Å². The van der Waals surface area contributed by atoms with Crippen molar-refractivity contribution in [2.24, 2.45) is 0 Å². The fourth-order valence-corrected chi connectivity index (χ4v) is 4.52. The second-order valence-corrected chi connectivity index (χ2v) is 9.34. The molecule has 1 amide bonds. The number of amides is 1.